The molecule has 0 saturated heterocycles. The van der Waals surface area contributed by atoms with Gasteiger partial charge in [-0.1, -0.05) is 18.2 Å². The highest BCUT2D eigenvalue weighted by Gasteiger charge is 2.13. The number of anilines is 1. The molecule has 116 valence electrons. The molecule has 0 unspecified atom stereocenters. The van der Waals surface area contributed by atoms with E-state index in [1.165, 1.54) is 0 Å². The highest BCUT2D eigenvalue weighted by Crippen LogP contribution is 2.32. The molecule has 1 aliphatic heterocycles. The highest BCUT2D eigenvalue weighted by molar-refractivity contribution is 5.96. The number of H-pyrrole nitrogens is 1. The summed E-state index contributed by atoms with van der Waals surface area (Å²) in [4.78, 5) is 15.5. The Kier molecular flexibility index (Phi) is 3.38. The van der Waals surface area contributed by atoms with Gasteiger partial charge in [-0.2, -0.15) is 0 Å². The summed E-state index contributed by atoms with van der Waals surface area (Å²) >= 11 is 0. The number of benzene rings is 2. The Morgan fingerprint density at radius 2 is 1.91 bits per heavy atom. The molecule has 0 fully saturated rings. The average molecular weight is 308 g/mol. The van der Waals surface area contributed by atoms with E-state index in [-0.39, 0.29) is 5.91 Å². The molecule has 0 radical (unpaired) electrons. The second kappa shape index (κ2) is 5.68. The van der Waals surface area contributed by atoms with Crippen molar-refractivity contribution in [3.05, 3.63) is 54.2 Å². The number of ether oxygens (including phenoxy) is 2. The van der Waals surface area contributed by atoms with Gasteiger partial charge in [-0.05, 0) is 23.8 Å². The standard InChI is InChI=1S/C18H16N2O3/c21-18(9-12-11-19-15-4-2-1-3-14(12)15)20-13-5-6-16-17(10-13)23-8-7-22-16/h1-6,10-11,19H,7-9H2,(H,20,21). The number of carbonyl (C=O) groups is 1. The molecular weight excluding hydrogens is 292 g/mol. The van der Waals surface area contributed by atoms with Gasteiger partial charge >= 0.3 is 0 Å². The minimum Gasteiger partial charge on any atom is -0.486 e. The lowest BCUT2D eigenvalue weighted by atomic mass is 10.1. The minimum absolute atomic E-state index is 0.0635. The summed E-state index contributed by atoms with van der Waals surface area (Å²) in [5, 5.41) is 3.98. The minimum atomic E-state index is -0.0635. The van der Waals surface area contributed by atoms with Gasteiger partial charge in [0.15, 0.2) is 11.5 Å². The van der Waals surface area contributed by atoms with Crippen molar-refractivity contribution >= 4 is 22.5 Å². The topological polar surface area (TPSA) is 63.4 Å². The fourth-order valence-electron chi connectivity index (χ4n) is 2.78. The molecule has 0 saturated carbocycles. The third kappa shape index (κ3) is 2.73. The number of fused-ring (bicyclic) bond motifs is 2. The molecule has 2 aromatic carbocycles. The number of hydrogen-bond donors (Lipinski definition) is 2. The van der Waals surface area contributed by atoms with Crippen molar-refractivity contribution in [1.82, 2.24) is 4.98 Å². The molecule has 1 amide bonds. The Balaban J connectivity index is 1.50. The summed E-state index contributed by atoms with van der Waals surface area (Å²) in [6, 6.07) is 13.4. The van der Waals surface area contributed by atoms with Crippen LogP contribution in [0.25, 0.3) is 10.9 Å². The van der Waals surface area contributed by atoms with E-state index in [2.05, 4.69) is 10.3 Å². The molecule has 1 aliphatic rings. The Bertz CT molecular complexity index is 870. The Morgan fingerprint density at radius 3 is 2.83 bits per heavy atom. The normalized spacial score (nSPS) is 13.0. The first-order chi connectivity index (χ1) is 11.3. The SMILES string of the molecule is O=C(Cc1c[nH]c2ccccc12)Nc1ccc2c(c1)OCCO2. The number of hydrogen-bond acceptors (Lipinski definition) is 3. The number of carbonyl (C=O) groups excluding carboxylic acids is 1. The molecule has 2 heterocycles. The molecule has 0 atom stereocenters. The number of amides is 1. The summed E-state index contributed by atoms with van der Waals surface area (Å²) in [5.74, 6) is 1.32. The second-order valence-corrected chi connectivity index (χ2v) is 5.44. The first-order valence-electron chi connectivity index (χ1n) is 7.54. The monoisotopic (exact) mass is 308 g/mol. The van der Waals surface area contributed by atoms with Gasteiger partial charge in [-0.15, -0.1) is 0 Å². The zero-order valence-corrected chi connectivity index (χ0v) is 12.5. The molecule has 23 heavy (non-hydrogen) atoms. The van der Waals surface area contributed by atoms with Crippen molar-refractivity contribution in [2.75, 3.05) is 18.5 Å². The van der Waals surface area contributed by atoms with Crippen molar-refractivity contribution in [2.45, 2.75) is 6.42 Å². The maximum atomic E-state index is 12.3. The molecule has 5 heteroatoms. The largest absolute Gasteiger partial charge is 0.486 e. The maximum Gasteiger partial charge on any atom is 0.228 e. The van der Waals surface area contributed by atoms with E-state index in [0.29, 0.717) is 36.8 Å². The van der Waals surface area contributed by atoms with Crippen LogP contribution in [0.2, 0.25) is 0 Å². The number of para-hydroxylation sites is 1. The third-order valence-corrected chi connectivity index (χ3v) is 3.85. The molecule has 3 aromatic rings. The van der Waals surface area contributed by atoms with Gasteiger partial charge in [-0.25, -0.2) is 0 Å². The summed E-state index contributed by atoms with van der Waals surface area (Å²) in [5.41, 5.74) is 2.73. The van der Waals surface area contributed by atoms with Crippen molar-refractivity contribution in [1.29, 1.82) is 0 Å². The van der Waals surface area contributed by atoms with Crippen LogP contribution in [-0.4, -0.2) is 24.1 Å². The van der Waals surface area contributed by atoms with Gasteiger partial charge in [0, 0.05) is 28.9 Å². The molecule has 0 aliphatic carbocycles. The lowest BCUT2D eigenvalue weighted by molar-refractivity contribution is -0.115. The first kappa shape index (κ1) is 13.7. The predicted molar refractivity (Wildman–Crippen MR) is 88.1 cm³/mol. The summed E-state index contributed by atoms with van der Waals surface area (Å²) in [7, 11) is 0. The molecule has 4 rings (SSSR count). The molecule has 0 bridgehead atoms. The fraction of sp³-hybridized carbons (Fsp3) is 0.167. The van der Waals surface area contributed by atoms with Crippen LogP contribution < -0.4 is 14.8 Å². The molecule has 1 aromatic heterocycles. The molecular formula is C18H16N2O3. The van der Waals surface area contributed by atoms with Crippen LogP contribution in [-0.2, 0) is 11.2 Å². The van der Waals surface area contributed by atoms with Crippen LogP contribution in [0, 0.1) is 0 Å². The van der Waals surface area contributed by atoms with Crippen LogP contribution in [0.4, 0.5) is 5.69 Å². The van der Waals surface area contributed by atoms with E-state index >= 15 is 0 Å². The maximum absolute atomic E-state index is 12.3. The molecule has 2 N–H and O–H groups in total. The van der Waals surface area contributed by atoms with Crippen molar-refractivity contribution in [2.24, 2.45) is 0 Å². The lowest BCUT2D eigenvalue weighted by Crippen LogP contribution is -2.17. The number of aromatic nitrogens is 1. The van der Waals surface area contributed by atoms with Gasteiger partial charge in [-0.3, -0.25) is 4.79 Å². The van der Waals surface area contributed by atoms with E-state index in [9.17, 15) is 4.79 Å². The van der Waals surface area contributed by atoms with Gasteiger partial charge in [0.05, 0.1) is 6.42 Å². The molecule has 0 spiro atoms. The third-order valence-electron chi connectivity index (χ3n) is 3.85. The van der Waals surface area contributed by atoms with E-state index in [1.807, 2.05) is 42.6 Å². The average Bonchev–Trinajstić information content (AvgIpc) is 2.98. The van der Waals surface area contributed by atoms with Crippen molar-refractivity contribution in [3.8, 4) is 11.5 Å². The second-order valence-electron chi connectivity index (χ2n) is 5.44. The Hall–Kier alpha value is -2.95. The smallest absolute Gasteiger partial charge is 0.228 e. The number of rotatable bonds is 3. The summed E-state index contributed by atoms with van der Waals surface area (Å²) in [6.45, 7) is 1.08. The van der Waals surface area contributed by atoms with Crippen molar-refractivity contribution < 1.29 is 14.3 Å². The van der Waals surface area contributed by atoms with Crippen LogP contribution in [0.1, 0.15) is 5.56 Å². The molecule has 5 nitrogen and oxygen atoms in total. The fourth-order valence-corrected chi connectivity index (χ4v) is 2.78. The van der Waals surface area contributed by atoms with Gasteiger partial charge in [0.25, 0.3) is 0 Å². The van der Waals surface area contributed by atoms with E-state index in [0.717, 1.165) is 16.5 Å². The van der Waals surface area contributed by atoms with Crippen LogP contribution in [0.3, 0.4) is 0 Å². The number of aromatic amines is 1. The Labute approximate surface area is 133 Å². The lowest BCUT2D eigenvalue weighted by Gasteiger charge is -2.19. The van der Waals surface area contributed by atoms with Crippen LogP contribution >= 0.6 is 0 Å². The van der Waals surface area contributed by atoms with E-state index in [1.54, 1.807) is 6.07 Å². The van der Waals surface area contributed by atoms with Crippen molar-refractivity contribution in [3.63, 3.8) is 0 Å². The van der Waals surface area contributed by atoms with E-state index < -0.39 is 0 Å². The predicted octanol–water partition coefficient (Wildman–Crippen LogP) is 3.12. The van der Waals surface area contributed by atoms with Gasteiger partial charge in [0.1, 0.15) is 13.2 Å². The summed E-state index contributed by atoms with van der Waals surface area (Å²) in [6.07, 6.45) is 2.20. The van der Waals surface area contributed by atoms with Crippen LogP contribution in [0.15, 0.2) is 48.7 Å². The summed E-state index contributed by atoms with van der Waals surface area (Å²) < 4.78 is 11.0. The first-order valence-corrected chi connectivity index (χ1v) is 7.54. The Morgan fingerprint density at radius 1 is 1.09 bits per heavy atom. The van der Waals surface area contributed by atoms with Gasteiger partial charge < -0.3 is 19.8 Å². The zero-order valence-electron chi connectivity index (χ0n) is 12.5. The number of nitrogens with one attached hydrogen (secondary N) is 2. The van der Waals surface area contributed by atoms with E-state index in [4.69, 9.17) is 9.47 Å². The highest BCUT2D eigenvalue weighted by atomic mass is 16.6. The van der Waals surface area contributed by atoms with Crippen LogP contribution in [0.5, 0.6) is 11.5 Å². The quantitative estimate of drug-likeness (QED) is 0.781. The van der Waals surface area contributed by atoms with Gasteiger partial charge in [0.2, 0.25) is 5.91 Å². The zero-order chi connectivity index (χ0) is 15.6.